The van der Waals surface area contributed by atoms with Gasteiger partial charge in [0, 0.05) is 14.9 Å². The molecule has 1 atom stereocenters. The van der Waals surface area contributed by atoms with Crippen LogP contribution >= 0.6 is 31.9 Å². The fraction of sp³-hybridized carbons (Fsp3) is 0.600. The van der Waals surface area contributed by atoms with Crippen molar-refractivity contribution < 1.29 is 9.47 Å². The van der Waals surface area contributed by atoms with Crippen molar-refractivity contribution in [1.82, 2.24) is 0 Å². The summed E-state index contributed by atoms with van der Waals surface area (Å²) < 4.78 is 12.8. The molecule has 1 aromatic carbocycles. The largest absolute Gasteiger partial charge is 0.486 e. The van der Waals surface area contributed by atoms with Gasteiger partial charge >= 0.3 is 0 Å². The highest BCUT2D eigenvalue weighted by molar-refractivity contribution is 9.10. The van der Waals surface area contributed by atoms with E-state index in [1.54, 1.807) is 0 Å². The van der Waals surface area contributed by atoms with E-state index in [1.807, 2.05) is 0 Å². The number of halogens is 2. The molecule has 1 heterocycles. The molecule has 0 fully saturated rings. The molecule has 0 saturated carbocycles. The molecule has 2 nitrogen and oxygen atoms in total. The number of hydrogen-bond acceptors (Lipinski definition) is 2. The first kappa shape index (κ1) is 13.7. The number of benzene rings is 1. The third-order valence-corrected chi connectivity index (χ3v) is 5.51. The standard InChI is InChI=1S/C15H18Br2O2/c1-15(2)4-3-9-10(16)7-12-14(19-6-5-18-12)13(9)11(17)8-15/h7,11H,3-6,8H2,1-2H3. The second kappa shape index (κ2) is 4.96. The Bertz CT molecular complexity index is 511. The molecule has 0 saturated heterocycles. The third kappa shape index (κ3) is 2.54. The molecule has 1 aliphatic heterocycles. The Morgan fingerprint density at radius 3 is 2.79 bits per heavy atom. The zero-order chi connectivity index (χ0) is 13.6. The predicted octanol–water partition coefficient (Wildman–Crippen LogP) is 5.02. The maximum absolute atomic E-state index is 5.90. The van der Waals surface area contributed by atoms with E-state index >= 15 is 0 Å². The van der Waals surface area contributed by atoms with Crippen LogP contribution in [0.3, 0.4) is 0 Å². The molecule has 0 amide bonds. The van der Waals surface area contributed by atoms with Crippen molar-refractivity contribution in [2.75, 3.05) is 13.2 Å². The molecule has 1 aromatic rings. The van der Waals surface area contributed by atoms with Crippen LogP contribution in [0.25, 0.3) is 0 Å². The molecule has 0 bridgehead atoms. The van der Waals surface area contributed by atoms with Crippen molar-refractivity contribution in [1.29, 1.82) is 0 Å². The average molecular weight is 390 g/mol. The molecule has 0 aromatic heterocycles. The van der Waals surface area contributed by atoms with E-state index in [4.69, 9.17) is 9.47 Å². The summed E-state index contributed by atoms with van der Waals surface area (Å²) in [6.45, 7) is 5.95. The van der Waals surface area contributed by atoms with E-state index in [-0.39, 0.29) is 0 Å². The van der Waals surface area contributed by atoms with Gasteiger partial charge in [-0.25, -0.2) is 0 Å². The first-order valence-electron chi connectivity index (χ1n) is 6.73. The Kier molecular flexibility index (Phi) is 3.59. The summed E-state index contributed by atoms with van der Waals surface area (Å²) in [6.07, 6.45) is 3.40. The Morgan fingerprint density at radius 1 is 1.26 bits per heavy atom. The number of fused-ring (bicyclic) bond motifs is 3. The summed E-state index contributed by atoms with van der Waals surface area (Å²) in [5.41, 5.74) is 3.00. The molecule has 1 unspecified atom stereocenters. The lowest BCUT2D eigenvalue weighted by Gasteiger charge is -2.26. The van der Waals surface area contributed by atoms with E-state index in [2.05, 4.69) is 51.8 Å². The van der Waals surface area contributed by atoms with E-state index in [1.165, 1.54) is 17.5 Å². The van der Waals surface area contributed by atoms with Crippen LogP contribution in [-0.4, -0.2) is 13.2 Å². The summed E-state index contributed by atoms with van der Waals surface area (Å²) in [6, 6.07) is 2.06. The monoisotopic (exact) mass is 388 g/mol. The Morgan fingerprint density at radius 2 is 2.00 bits per heavy atom. The van der Waals surface area contributed by atoms with Crippen molar-refractivity contribution in [2.24, 2.45) is 5.41 Å². The molecule has 19 heavy (non-hydrogen) atoms. The summed E-state index contributed by atoms with van der Waals surface area (Å²) in [4.78, 5) is 0.327. The minimum atomic E-state index is 0.327. The lowest BCUT2D eigenvalue weighted by Crippen LogP contribution is -2.18. The van der Waals surface area contributed by atoms with Crippen molar-refractivity contribution in [3.63, 3.8) is 0 Å². The first-order chi connectivity index (χ1) is 8.98. The van der Waals surface area contributed by atoms with E-state index in [0.717, 1.165) is 28.8 Å². The maximum atomic E-state index is 5.90. The van der Waals surface area contributed by atoms with Crippen LogP contribution in [0.15, 0.2) is 10.5 Å². The van der Waals surface area contributed by atoms with Crippen LogP contribution in [-0.2, 0) is 6.42 Å². The van der Waals surface area contributed by atoms with E-state index in [0.29, 0.717) is 23.5 Å². The lowest BCUT2D eigenvalue weighted by atomic mass is 9.84. The lowest BCUT2D eigenvalue weighted by molar-refractivity contribution is 0.169. The van der Waals surface area contributed by atoms with Crippen LogP contribution in [0.5, 0.6) is 11.5 Å². The Balaban J connectivity index is 2.15. The van der Waals surface area contributed by atoms with Gasteiger partial charge in [0.25, 0.3) is 0 Å². The number of ether oxygens (including phenoxy) is 2. The van der Waals surface area contributed by atoms with Gasteiger partial charge in [-0.2, -0.15) is 0 Å². The van der Waals surface area contributed by atoms with Crippen LogP contribution in [0.1, 0.15) is 42.6 Å². The van der Waals surface area contributed by atoms with Gasteiger partial charge in [0.05, 0.1) is 0 Å². The quantitative estimate of drug-likeness (QED) is 0.458. The summed E-state index contributed by atoms with van der Waals surface area (Å²) in [7, 11) is 0. The van der Waals surface area contributed by atoms with Crippen LogP contribution in [0.4, 0.5) is 0 Å². The second-order valence-electron chi connectivity index (χ2n) is 6.11. The van der Waals surface area contributed by atoms with Gasteiger partial charge in [0.1, 0.15) is 13.2 Å². The van der Waals surface area contributed by atoms with Gasteiger partial charge < -0.3 is 9.47 Å². The number of alkyl halides is 1. The molecule has 0 radical (unpaired) electrons. The van der Waals surface area contributed by atoms with Crippen molar-refractivity contribution in [3.8, 4) is 11.5 Å². The van der Waals surface area contributed by atoms with Crippen LogP contribution in [0, 0.1) is 5.41 Å². The van der Waals surface area contributed by atoms with Crippen LogP contribution < -0.4 is 9.47 Å². The van der Waals surface area contributed by atoms with Gasteiger partial charge in [-0.3, -0.25) is 0 Å². The molecular weight excluding hydrogens is 372 g/mol. The Hall–Kier alpha value is -0.220. The highest BCUT2D eigenvalue weighted by Crippen LogP contribution is 2.52. The van der Waals surface area contributed by atoms with Crippen molar-refractivity contribution >= 4 is 31.9 Å². The van der Waals surface area contributed by atoms with Crippen LogP contribution in [0.2, 0.25) is 0 Å². The molecule has 104 valence electrons. The minimum absolute atomic E-state index is 0.327. The zero-order valence-electron chi connectivity index (χ0n) is 11.3. The van der Waals surface area contributed by atoms with Gasteiger partial charge in [-0.15, -0.1) is 0 Å². The molecule has 4 heteroatoms. The SMILES string of the molecule is CC1(C)CCc2c(Br)cc3c(c2C(Br)C1)OCCO3. The summed E-state index contributed by atoms with van der Waals surface area (Å²) >= 11 is 7.57. The molecule has 1 aliphatic carbocycles. The maximum Gasteiger partial charge on any atom is 0.166 e. The normalized spacial score (nSPS) is 24.5. The van der Waals surface area contributed by atoms with Gasteiger partial charge in [-0.1, -0.05) is 45.7 Å². The highest BCUT2D eigenvalue weighted by Gasteiger charge is 2.33. The molecular formula is C15H18Br2O2. The molecule has 3 rings (SSSR count). The van der Waals surface area contributed by atoms with Gasteiger partial charge in [0.15, 0.2) is 11.5 Å². The zero-order valence-corrected chi connectivity index (χ0v) is 14.4. The fourth-order valence-electron chi connectivity index (χ4n) is 2.96. The molecule has 0 spiro atoms. The topological polar surface area (TPSA) is 18.5 Å². The van der Waals surface area contributed by atoms with E-state index in [9.17, 15) is 0 Å². The average Bonchev–Trinajstić information content (AvgIpc) is 2.46. The predicted molar refractivity (Wildman–Crippen MR) is 83.5 cm³/mol. The number of hydrogen-bond donors (Lipinski definition) is 0. The summed E-state index contributed by atoms with van der Waals surface area (Å²) in [5, 5.41) is 0. The van der Waals surface area contributed by atoms with Crippen molar-refractivity contribution in [2.45, 2.75) is 37.9 Å². The first-order valence-corrected chi connectivity index (χ1v) is 8.44. The van der Waals surface area contributed by atoms with Gasteiger partial charge in [0.2, 0.25) is 0 Å². The highest BCUT2D eigenvalue weighted by atomic mass is 79.9. The molecule has 2 aliphatic rings. The fourth-order valence-corrected chi connectivity index (χ4v) is 4.94. The van der Waals surface area contributed by atoms with E-state index < -0.39 is 0 Å². The number of rotatable bonds is 0. The molecule has 0 N–H and O–H groups in total. The smallest absolute Gasteiger partial charge is 0.166 e. The summed E-state index contributed by atoms with van der Waals surface area (Å²) in [5.74, 6) is 1.82. The second-order valence-corrected chi connectivity index (χ2v) is 8.07. The minimum Gasteiger partial charge on any atom is -0.486 e. The van der Waals surface area contributed by atoms with Gasteiger partial charge in [-0.05, 0) is 36.3 Å². The third-order valence-electron chi connectivity index (χ3n) is 4.02. The Labute approximate surface area is 131 Å². The van der Waals surface area contributed by atoms with Crippen molar-refractivity contribution in [3.05, 3.63) is 21.7 Å².